The predicted octanol–water partition coefficient (Wildman–Crippen LogP) is -1.29. The second-order valence-corrected chi connectivity index (χ2v) is 6.91. The summed E-state index contributed by atoms with van der Waals surface area (Å²) >= 11 is 3.03. The van der Waals surface area contributed by atoms with Crippen molar-refractivity contribution in [3.8, 4) is 0 Å². The van der Waals surface area contributed by atoms with Crippen LogP contribution in [0, 0.1) is 0 Å². The largest absolute Gasteiger partial charge is 0.382 e. The Bertz CT molecular complexity index is 909. The Hall–Kier alpha value is -1.96. The number of hydrogen-bond donors (Lipinski definition) is 3. The van der Waals surface area contributed by atoms with Gasteiger partial charge in [-0.15, -0.1) is 0 Å². The van der Waals surface area contributed by atoms with E-state index >= 15 is 0 Å². The lowest BCUT2D eigenvalue weighted by atomic mass is 9.86. The molecule has 2 heterocycles. The number of aliphatic hydroxyl groups excluding tert-OH is 1. The van der Waals surface area contributed by atoms with E-state index in [0.717, 1.165) is 4.57 Å². The molecule has 0 aromatic carbocycles. The molecule has 0 amide bonds. The number of ketones is 2. The zero-order valence-electron chi connectivity index (χ0n) is 15.7. The first-order chi connectivity index (χ1) is 13.7. The van der Waals surface area contributed by atoms with Gasteiger partial charge in [-0.2, -0.15) is 0 Å². The summed E-state index contributed by atoms with van der Waals surface area (Å²) in [6.07, 6.45) is -2.72. The van der Waals surface area contributed by atoms with Crippen LogP contribution in [0.2, 0.25) is 0 Å². The van der Waals surface area contributed by atoms with Gasteiger partial charge in [0.15, 0.2) is 17.2 Å². The van der Waals surface area contributed by atoms with Crippen molar-refractivity contribution in [1.29, 1.82) is 0 Å². The van der Waals surface area contributed by atoms with Crippen LogP contribution in [0.3, 0.4) is 0 Å². The number of carbonyl (C=O) groups is 2. The van der Waals surface area contributed by atoms with Gasteiger partial charge in [-0.3, -0.25) is 23.9 Å². The van der Waals surface area contributed by atoms with Gasteiger partial charge in [0.25, 0.3) is 5.56 Å². The number of carbonyl (C=O) groups excluding carboxylic acids is 2. The van der Waals surface area contributed by atoms with Crippen molar-refractivity contribution in [3.05, 3.63) is 37.6 Å². The van der Waals surface area contributed by atoms with Crippen LogP contribution in [0.5, 0.6) is 0 Å². The number of aliphatic hydroxyl groups is 2. The molecule has 12 heteroatoms. The second-order valence-electron chi connectivity index (χ2n) is 6.38. The molecule has 1 unspecified atom stereocenters. The highest BCUT2D eigenvalue weighted by molar-refractivity contribution is 9.11. The van der Waals surface area contributed by atoms with Crippen LogP contribution in [-0.4, -0.2) is 76.6 Å². The van der Waals surface area contributed by atoms with E-state index in [2.05, 4.69) is 25.7 Å². The third kappa shape index (κ3) is 4.79. The molecule has 0 bridgehead atoms. The normalized spacial score (nSPS) is 25.4. The molecule has 1 fully saturated rings. The Morgan fingerprint density at radius 2 is 2.07 bits per heavy atom. The number of ether oxygens (including phenoxy) is 3. The molecule has 160 valence electrons. The molecular formula is C17H21BrN2O9. The molecule has 29 heavy (non-hydrogen) atoms. The molecule has 1 aliphatic rings. The Morgan fingerprint density at radius 1 is 1.41 bits per heavy atom. The summed E-state index contributed by atoms with van der Waals surface area (Å²) in [5, 5.41) is 21.3. The Morgan fingerprint density at radius 3 is 2.66 bits per heavy atom. The molecule has 2 rings (SSSR count). The SMILES string of the molecule is COCC(=O)C(O)[C@H]1O[C@@H](n2cc(C=CBr)c(=O)[nH]c2=O)C[C@@]1(O)C(=O)COC. The highest BCUT2D eigenvalue weighted by Gasteiger charge is 2.57. The van der Waals surface area contributed by atoms with Crippen LogP contribution in [0.25, 0.3) is 6.08 Å². The van der Waals surface area contributed by atoms with E-state index in [9.17, 15) is 29.4 Å². The molecule has 0 saturated carbocycles. The Labute approximate surface area is 173 Å². The molecule has 4 atom stereocenters. The monoisotopic (exact) mass is 476 g/mol. The van der Waals surface area contributed by atoms with Crippen molar-refractivity contribution in [3.63, 3.8) is 0 Å². The number of halogens is 1. The number of nitrogens with zero attached hydrogens (tertiary/aromatic N) is 1. The van der Waals surface area contributed by atoms with Crippen LogP contribution in [0.1, 0.15) is 18.2 Å². The van der Waals surface area contributed by atoms with Gasteiger partial charge in [0, 0.05) is 26.8 Å². The van der Waals surface area contributed by atoms with Crippen LogP contribution >= 0.6 is 15.9 Å². The van der Waals surface area contributed by atoms with Crippen molar-refractivity contribution >= 4 is 33.6 Å². The average Bonchev–Trinajstić information content (AvgIpc) is 3.02. The summed E-state index contributed by atoms with van der Waals surface area (Å²) < 4.78 is 16.0. The zero-order chi connectivity index (χ0) is 21.8. The molecule has 1 aliphatic heterocycles. The highest BCUT2D eigenvalue weighted by atomic mass is 79.9. The first-order valence-corrected chi connectivity index (χ1v) is 9.33. The number of aromatic amines is 1. The summed E-state index contributed by atoms with van der Waals surface area (Å²) in [6.45, 7) is -0.981. The van der Waals surface area contributed by atoms with E-state index in [4.69, 9.17) is 9.47 Å². The Balaban J connectivity index is 2.48. The fourth-order valence-corrected chi connectivity index (χ4v) is 3.32. The number of methoxy groups -OCH3 is 2. The van der Waals surface area contributed by atoms with E-state index in [1.165, 1.54) is 31.5 Å². The minimum Gasteiger partial charge on any atom is -0.382 e. The Kier molecular flexibility index (Phi) is 7.80. The number of Topliss-reactive ketones (excluding diaryl/α,β-unsaturated/α-hetero) is 2. The second kappa shape index (κ2) is 9.69. The van der Waals surface area contributed by atoms with E-state index < -0.39 is 66.5 Å². The van der Waals surface area contributed by atoms with Gasteiger partial charge in [0.1, 0.15) is 31.6 Å². The van der Waals surface area contributed by atoms with Gasteiger partial charge in [-0.1, -0.05) is 15.9 Å². The molecule has 1 saturated heterocycles. The summed E-state index contributed by atoms with van der Waals surface area (Å²) in [5.41, 5.74) is -3.73. The summed E-state index contributed by atoms with van der Waals surface area (Å²) in [5.74, 6) is -1.66. The van der Waals surface area contributed by atoms with Crippen LogP contribution in [-0.2, 0) is 23.8 Å². The summed E-state index contributed by atoms with van der Waals surface area (Å²) in [7, 11) is 2.48. The maximum Gasteiger partial charge on any atom is 0.330 e. The fraction of sp³-hybridized carbons (Fsp3) is 0.529. The van der Waals surface area contributed by atoms with Crippen molar-refractivity contribution in [2.75, 3.05) is 27.4 Å². The molecular weight excluding hydrogens is 456 g/mol. The van der Waals surface area contributed by atoms with Crippen molar-refractivity contribution in [1.82, 2.24) is 9.55 Å². The van der Waals surface area contributed by atoms with E-state index in [1.807, 2.05) is 0 Å². The van der Waals surface area contributed by atoms with Crippen LogP contribution < -0.4 is 11.2 Å². The van der Waals surface area contributed by atoms with Gasteiger partial charge in [-0.05, 0) is 11.1 Å². The van der Waals surface area contributed by atoms with Gasteiger partial charge in [0.05, 0.1) is 5.56 Å². The zero-order valence-corrected chi connectivity index (χ0v) is 17.2. The third-order valence-corrected chi connectivity index (χ3v) is 4.73. The molecule has 1 aromatic heterocycles. The van der Waals surface area contributed by atoms with Gasteiger partial charge >= 0.3 is 5.69 Å². The molecule has 1 aromatic rings. The van der Waals surface area contributed by atoms with Crippen molar-refractivity contribution in [2.45, 2.75) is 30.5 Å². The lowest BCUT2D eigenvalue weighted by molar-refractivity contribution is -0.164. The van der Waals surface area contributed by atoms with E-state index in [-0.39, 0.29) is 5.56 Å². The van der Waals surface area contributed by atoms with Gasteiger partial charge in [-0.25, -0.2) is 4.79 Å². The summed E-state index contributed by atoms with van der Waals surface area (Å²) in [4.78, 5) is 52.1. The number of aromatic nitrogens is 2. The third-order valence-electron chi connectivity index (χ3n) is 4.47. The fourth-order valence-electron chi connectivity index (χ4n) is 3.04. The quantitative estimate of drug-likeness (QED) is 0.394. The smallest absolute Gasteiger partial charge is 0.330 e. The van der Waals surface area contributed by atoms with Crippen LogP contribution in [0.15, 0.2) is 20.8 Å². The number of nitrogens with one attached hydrogen (secondary N) is 1. The maximum atomic E-state index is 12.5. The molecule has 11 nitrogen and oxygen atoms in total. The van der Waals surface area contributed by atoms with Crippen LogP contribution in [0.4, 0.5) is 0 Å². The minimum absolute atomic E-state index is 0.0938. The predicted molar refractivity (Wildman–Crippen MR) is 103 cm³/mol. The first-order valence-electron chi connectivity index (χ1n) is 8.41. The topological polar surface area (TPSA) is 157 Å². The minimum atomic E-state index is -2.31. The molecule has 0 radical (unpaired) electrons. The number of hydrogen-bond acceptors (Lipinski definition) is 9. The van der Waals surface area contributed by atoms with Crippen molar-refractivity contribution < 1.29 is 34.0 Å². The maximum absolute atomic E-state index is 12.5. The van der Waals surface area contributed by atoms with Gasteiger partial charge < -0.3 is 24.4 Å². The molecule has 3 N–H and O–H groups in total. The highest BCUT2D eigenvalue weighted by Crippen LogP contribution is 2.39. The van der Waals surface area contributed by atoms with Crippen molar-refractivity contribution in [2.24, 2.45) is 0 Å². The van der Waals surface area contributed by atoms with E-state index in [0.29, 0.717) is 0 Å². The molecule has 0 aliphatic carbocycles. The molecule has 0 spiro atoms. The van der Waals surface area contributed by atoms with Gasteiger partial charge in [0.2, 0.25) is 0 Å². The van der Waals surface area contributed by atoms with E-state index in [1.54, 1.807) is 0 Å². The standard InChI is InChI=1S/C17H21BrN2O9/c1-27-7-10(21)13(23)14-17(26,11(22)8-28-2)5-12(29-14)20-6-9(3-4-18)15(24)19-16(20)25/h3-4,6,12-14,23,26H,5,7-8H2,1-2H3,(H,19,24,25)/t12-,13?,14-,17-/m1/s1. The number of rotatable bonds is 9. The summed E-state index contributed by atoms with van der Waals surface area (Å²) in [6, 6.07) is 0. The average molecular weight is 477 g/mol. The lowest BCUT2D eigenvalue weighted by Gasteiger charge is -2.29. The first kappa shape index (κ1) is 23.3. The number of H-pyrrole nitrogens is 1. The lowest BCUT2D eigenvalue weighted by Crippen LogP contribution is -2.55.